The van der Waals surface area contributed by atoms with Gasteiger partial charge in [0, 0.05) is 18.4 Å². The first kappa shape index (κ1) is 26.0. The third kappa shape index (κ3) is 4.58. The molecule has 3 N–H and O–H groups in total. The molecule has 1 aromatic rings. The van der Waals surface area contributed by atoms with Crippen LogP contribution in [0.15, 0.2) is 11.6 Å². The summed E-state index contributed by atoms with van der Waals surface area (Å²) < 4.78 is 17.2. The maximum atomic E-state index is 11.5. The van der Waals surface area contributed by atoms with E-state index in [1.54, 1.807) is 6.92 Å². The third-order valence-electron chi connectivity index (χ3n) is 8.10. The number of phenolic OH excluding ortho intramolecular Hbond substituents is 1. The molecule has 1 heterocycles. The fraction of sp³-hybridized carbons (Fsp3) is 0.679. The molecule has 1 fully saturated rings. The van der Waals surface area contributed by atoms with Crippen molar-refractivity contribution in [1.82, 2.24) is 0 Å². The Bertz CT molecular complexity index is 1010. The summed E-state index contributed by atoms with van der Waals surface area (Å²) >= 11 is 0. The molecule has 1 aromatic carbocycles. The summed E-state index contributed by atoms with van der Waals surface area (Å²) in [6.45, 7) is 13.5. The molecule has 0 bridgehead atoms. The summed E-state index contributed by atoms with van der Waals surface area (Å²) in [5, 5.41) is 32.9. The highest BCUT2D eigenvalue weighted by atomic mass is 16.7. The smallest absolute Gasteiger partial charge is 0.303 e. The molecule has 1 saturated heterocycles. The lowest BCUT2D eigenvalue weighted by atomic mass is 9.62. The number of benzene rings is 1. The molecule has 5 unspecified atom stereocenters. The quantitative estimate of drug-likeness (QED) is 0.422. The van der Waals surface area contributed by atoms with E-state index < -0.39 is 36.7 Å². The summed E-state index contributed by atoms with van der Waals surface area (Å²) in [5.41, 5.74) is 5.50. The van der Waals surface area contributed by atoms with Crippen LogP contribution in [0.5, 0.6) is 11.5 Å². The van der Waals surface area contributed by atoms with Crippen LogP contribution >= 0.6 is 0 Å². The average molecular weight is 489 g/mol. The lowest BCUT2D eigenvalue weighted by Crippen LogP contribution is -2.59. The molecular formula is C28H40O7. The van der Waals surface area contributed by atoms with E-state index in [0.29, 0.717) is 17.6 Å². The number of carbonyl (C=O) groups is 1. The largest absolute Gasteiger partial charge is 0.504 e. The molecule has 7 nitrogen and oxygen atoms in total. The lowest BCUT2D eigenvalue weighted by Gasteiger charge is -2.44. The molecule has 0 spiro atoms. The van der Waals surface area contributed by atoms with Gasteiger partial charge >= 0.3 is 5.97 Å². The van der Waals surface area contributed by atoms with Crippen molar-refractivity contribution in [2.75, 3.05) is 0 Å². The molecule has 2 aliphatic carbocycles. The highest BCUT2D eigenvalue weighted by molar-refractivity contribution is 5.66. The molecule has 0 aromatic heterocycles. The normalized spacial score (nSPS) is 36.2. The van der Waals surface area contributed by atoms with Crippen molar-refractivity contribution < 1.29 is 34.3 Å². The monoisotopic (exact) mass is 488 g/mol. The first-order chi connectivity index (χ1) is 16.4. The SMILES string of the molecule is CC(=O)OC1C(C)OC(Oc2c(C)c3c4c(c2O)[C@@H](C)CC[C@@H]4[C@@H](C)C[C@H]3C=C(C)C)C(O)C1O. The first-order valence-corrected chi connectivity index (χ1v) is 12.8. The van der Waals surface area contributed by atoms with Gasteiger partial charge in [-0.05, 0) is 81.4 Å². The van der Waals surface area contributed by atoms with Gasteiger partial charge in [-0.25, -0.2) is 0 Å². The second-order valence-electron chi connectivity index (χ2n) is 11.1. The van der Waals surface area contributed by atoms with E-state index in [4.69, 9.17) is 14.2 Å². The summed E-state index contributed by atoms with van der Waals surface area (Å²) in [5.74, 6) is 1.13. The number of carbonyl (C=O) groups excluding carboxylic acids is 1. The Labute approximate surface area is 208 Å². The van der Waals surface area contributed by atoms with Crippen molar-refractivity contribution in [3.05, 3.63) is 33.9 Å². The Morgan fingerprint density at radius 1 is 1.03 bits per heavy atom. The number of aliphatic hydroxyl groups excluding tert-OH is 2. The number of ether oxygens (including phenoxy) is 3. The van der Waals surface area contributed by atoms with Crippen molar-refractivity contribution in [3.63, 3.8) is 0 Å². The standard InChI is InChI=1S/C28H40O7/c1-12(2)10-18-11-14(4)19-9-8-13(3)20-22(19)21(18)15(5)26(23(20)30)35-28-25(32)24(31)27(16(6)33-28)34-17(7)29/h10,13-14,16,18-19,24-25,27-28,30-32H,8-9,11H2,1-7H3/t13-,14-,16?,18+,19+,24?,25?,27?,28?/m0/s1. The van der Waals surface area contributed by atoms with Crippen LogP contribution in [0.4, 0.5) is 0 Å². The predicted molar refractivity (Wildman–Crippen MR) is 132 cm³/mol. The van der Waals surface area contributed by atoms with Gasteiger partial charge in [0.15, 0.2) is 17.6 Å². The van der Waals surface area contributed by atoms with Crippen molar-refractivity contribution in [3.8, 4) is 11.5 Å². The number of hydrogen-bond donors (Lipinski definition) is 3. The topological polar surface area (TPSA) is 105 Å². The average Bonchev–Trinajstić information content (AvgIpc) is 2.76. The Kier molecular flexibility index (Phi) is 7.24. The summed E-state index contributed by atoms with van der Waals surface area (Å²) in [4.78, 5) is 11.4. The number of rotatable bonds is 4. The molecule has 3 aliphatic rings. The molecule has 1 aliphatic heterocycles. The Balaban J connectivity index is 1.78. The van der Waals surface area contributed by atoms with Crippen LogP contribution in [0.25, 0.3) is 0 Å². The van der Waals surface area contributed by atoms with Gasteiger partial charge in [-0.2, -0.15) is 0 Å². The molecule has 0 saturated carbocycles. The Morgan fingerprint density at radius 2 is 1.71 bits per heavy atom. The molecule has 7 heteroatoms. The second kappa shape index (κ2) is 9.75. The van der Waals surface area contributed by atoms with E-state index in [9.17, 15) is 20.1 Å². The predicted octanol–water partition coefficient (Wildman–Crippen LogP) is 4.55. The van der Waals surface area contributed by atoms with Crippen molar-refractivity contribution in [1.29, 1.82) is 0 Å². The third-order valence-corrected chi connectivity index (χ3v) is 8.10. The first-order valence-electron chi connectivity index (χ1n) is 12.8. The number of allylic oxidation sites excluding steroid dienone is 2. The maximum absolute atomic E-state index is 11.5. The minimum Gasteiger partial charge on any atom is -0.504 e. The number of aromatic hydroxyl groups is 1. The number of esters is 1. The van der Waals surface area contributed by atoms with Gasteiger partial charge in [-0.1, -0.05) is 25.5 Å². The van der Waals surface area contributed by atoms with Gasteiger partial charge in [-0.15, -0.1) is 0 Å². The molecule has 4 rings (SSSR count). The molecule has 9 atom stereocenters. The van der Waals surface area contributed by atoms with Crippen molar-refractivity contribution in [2.24, 2.45) is 5.92 Å². The van der Waals surface area contributed by atoms with Gasteiger partial charge in [0.2, 0.25) is 6.29 Å². The number of aliphatic hydroxyl groups is 2. The van der Waals surface area contributed by atoms with E-state index in [-0.39, 0.29) is 17.6 Å². The van der Waals surface area contributed by atoms with Gasteiger partial charge in [0.1, 0.15) is 12.2 Å². The van der Waals surface area contributed by atoms with Crippen molar-refractivity contribution in [2.45, 2.75) is 116 Å². The van der Waals surface area contributed by atoms with Crippen LogP contribution in [-0.4, -0.2) is 52.0 Å². The molecule has 0 amide bonds. The van der Waals surface area contributed by atoms with Crippen LogP contribution in [-0.2, 0) is 14.3 Å². The van der Waals surface area contributed by atoms with Crippen LogP contribution in [0.3, 0.4) is 0 Å². The molecular weight excluding hydrogens is 448 g/mol. The van der Waals surface area contributed by atoms with E-state index in [0.717, 1.165) is 30.4 Å². The summed E-state index contributed by atoms with van der Waals surface area (Å²) in [7, 11) is 0. The fourth-order valence-corrected chi connectivity index (χ4v) is 6.51. The van der Waals surface area contributed by atoms with Gasteiger partial charge in [0.25, 0.3) is 0 Å². The van der Waals surface area contributed by atoms with Crippen LogP contribution in [0.1, 0.15) is 101 Å². The number of phenols is 1. The fourth-order valence-electron chi connectivity index (χ4n) is 6.51. The molecule has 35 heavy (non-hydrogen) atoms. The van der Waals surface area contributed by atoms with E-state index in [1.807, 2.05) is 6.92 Å². The van der Waals surface area contributed by atoms with Gasteiger partial charge < -0.3 is 29.5 Å². The minimum absolute atomic E-state index is 0.101. The van der Waals surface area contributed by atoms with Crippen molar-refractivity contribution >= 4 is 5.97 Å². The molecule has 0 radical (unpaired) electrons. The lowest BCUT2D eigenvalue weighted by molar-refractivity contribution is -0.272. The highest BCUT2D eigenvalue weighted by Crippen LogP contribution is 2.58. The zero-order valence-corrected chi connectivity index (χ0v) is 21.9. The Hall–Kier alpha value is -2.09. The second-order valence-corrected chi connectivity index (χ2v) is 11.1. The van der Waals surface area contributed by atoms with Crippen LogP contribution in [0, 0.1) is 12.8 Å². The zero-order chi connectivity index (χ0) is 25.8. The van der Waals surface area contributed by atoms with E-state index in [2.05, 4.69) is 33.8 Å². The van der Waals surface area contributed by atoms with Crippen LogP contribution in [0.2, 0.25) is 0 Å². The minimum atomic E-state index is -1.46. The van der Waals surface area contributed by atoms with E-state index in [1.165, 1.54) is 23.6 Å². The van der Waals surface area contributed by atoms with E-state index >= 15 is 0 Å². The van der Waals surface area contributed by atoms with Crippen LogP contribution < -0.4 is 4.74 Å². The molecule has 194 valence electrons. The maximum Gasteiger partial charge on any atom is 0.303 e. The van der Waals surface area contributed by atoms with Gasteiger partial charge in [-0.3, -0.25) is 4.79 Å². The highest BCUT2D eigenvalue weighted by Gasteiger charge is 2.47. The van der Waals surface area contributed by atoms with Gasteiger partial charge in [0.05, 0.1) is 6.10 Å². The Morgan fingerprint density at radius 3 is 2.34 bits per heavy atom. The summed E-state index contributed by atoms with van der Waals surface area (Å²) in [6.07, 6.45) is -0.340. The number of hydrogen-bond acceptors (Lipinski definition) is 7. The summed E-state index contributed by atoms with van der Waals surface area (Å²) in [6, 6.07) is 0. The zero-order valence-electron chi connectivity index (χ0n) is 21.9.